The molecule has 68 valence electrons. The molecule has 0 aliphatic rings. The van der Waals surface area contributed by atoms with Crippen LogP contribution in [0.2, 0.25) is 0 Å². The van der Waals surface area contributed by atoms with Crippen LogP contribution in [0.1, 0.15) is 13.9 Å². The van der Waals surface area contributed by atoms with Crippen LogP contribution in [0.25, 0.3) is 6.05 Å². The Morgan fingerprint density at radius 1 is 1.54 bits per heavy atom. The van der Waals surface area contributed by atoms with Gasteiger partial charge in [0.15, 0.2) is 5.78 Å². The summed E-state index contributed by atoms with van der Waals surface area (Å²) in [7, 11) is 1.54. The zero-order valence-electron chi connectivity index (χ0n) is 8.70. The Labute approximate surface area is 79.2 Å². The van der Waals surface area contributed by atoms with Gasteiger partial charge in [-0.25, -0.2) is 0 Å². The highest BCUT2D eigenvalue weighted by Gasteiger charge is 1.96. The maximum Gasteiger partial charge on any atom is 0.152 e. The first kappa shape index (κ1) is 8.05. The second kappa shape index (κ2) is 4.45. The first-order chi connectivity index (χ1) is 6.65. The average molecular weight is 177 g/mol. The Kier molecular flexibility index (Phi) is 2.76. The molecule has 0 radical (unpaired) electrons. The number of carbonyl (C=O) groups is 1. The zero-order chi connectivity index (χ0) is 10.6. The Bertz CT molecular complexity index is 369. The molecule has 1 aromatic carbocycles. The predicted octanol–water partition coefficient (Wildman–Crippen LogP) is 2.30. The van der Waals surface area contributed by atoms with E-state index in [1.54, 1.807) is 25.3 Å². The molecule has 1 aromatic rings. The van der Waals surface area contributed by atoms with Gasteiger partial charge < -0.3 is 4.74 Å². The first-order valence-electron chi connectivity index (χ1n) is 4.47. The van der Waals surface area contributed by atoms with Crippen LogP contribution in [0.3, 0.4) is 0 Å². The summed E-state index contributed by atoms with van der Waals surface area (Å²) < 4.78 is 12.7. The highest BCUT2D eigenvalue weighted by atomic mass is 16.5. The van der Waals surface area contributed by atoms with Crippen molar-refractivity contribution in [3.05, 3.63) is 35.9 Å². The monoisotopic (exact) mass is 177 g/mol. The van der Waals surface area contributed by atoms with Gasteiger partial charge >= 0.3 is 0 Å². The predicted molar refractivity (Wildman–Crippen MR) is 52.7 cm³/mol. The molecule has 0 aliphatic heterocycles. The summed E-state index contributed by atoms with van der Waals surface area (Å²) in [6.07, 6.45) is 1.28. The number of para-hydroxylation sites is 1. The van der Waals surface area contributed by atoms with Crippen LogP contribution in [0.5, 0.6) is 5.75 Å². The molecule has 0 unspecified atom stereocenters. The third-order valence-electron chi connectivity index (χ3n) is 1.54. The summed E-state index contributed by atoms with van der Waals surface area (Å²) >= 11 is 0. The first-order valence-corrected chi connectivity index (χ1v) is 3.97. The molecule has 0 atom stereocenters. The quantitative estimate of drug-likeness (QED) is 0.662. The number of hydrogen-bond donors (Lipinski definition) is 0. The van der Waals surface area contributed by atoms with E-state index in [1.807, 2.05) is 6.07 Å². The summed E-state index contributed by atoms with van der Waals surface area (Å²) in [4.78, 5) is 10.8. The minimum atomic E-state index is -0.138. The van der Waals surface area contributed by atoms with Crippen molar-refractivity contribution in [3.63, 3.8) is 0 Å². The average Bonchev–Trinajstić information content (AvgIpc) is 2.16. The number of hydrogen-bond acceptors (Lipinski definition) is 2. The molecular formula is C11H12O2. The fourth-order valence-corrected chi connectivity index (χ4v) is 0.943. The Morgan fingerprint density at radius 2 is 2.23 bits per heavy atom. The van der Waals surface area contributed by atoms with E-state index < -0.39 is 0 Å². The van der Waals surface area contributed by atoms with Crippen LogP contribution >= 0.6 is 0 Å². The van der Waals surface area contributed by atoms with Crippen molar-refractivity contribution in [2.24, 2.45) is 0 Å². The van der Waals surface area contributed by atoms with Crippen molar-refractivity contribution in [2.75, 3.05) is 7.11 Å². The van der Waals surface area contributed by atoms with Crippen molar-refractivity contribution in [3.8, 4) is 5.75 Å². The van der Waals surface area contributed by atoms with Gasteiger partial charge in [0, 0.05) is 5.56 Å². The van der Waals surface area contributed by atoms with Gasteiger partial charge in [-0.1, -0.05) is 18.2 Å². The third-order valence-corrected chi connectivity index (χ3v) is 1.54. The molecule has 0 aliphatic carbocycles. The van der Waals surface area contributed by atoms with E-state index in [0.29, 0.717) is 11.3 Å². The van der Waals surface area contributed by atoms with Crippen molar-refractivity contribution in [1.29, 1.82) is 0 Å². The number of methoxy groups -OCH3 is 1. The fourth-order valence-electron chi connectivity index (χ4n) is 0.943. The normalized spacial score (nSPS) is 12.2. The van der Waals surface area contributed by atoms with E-state index in [2.05, 4.69) is 0 Å². The maximum atomic E-state index is 10.8. The smallest absolute Gasteiger partial charge is 0.152 e. The minimum Gasteiger partial charge on any atom is -0.496 e. The molecule has 0 fully saturated rings. The highest BCUT2D eigenvalue weighted by molar-refractivity contribution is 5.91. The molecule has 0 saturated carbocycles. The third kappa shape index (κ3) is 2.75. The summed E-state index contributed by atoms with van der Waals surface area (Å²) in [5, 5.41) is 0. The number of rotatable bonds is 3. The lowest BCUT2D eigenvalue weighted by molar-refractivity contribution is -0.112. The SMILES string of the molecule is [2H]/C(=C\C(C)=O)c1ccccc1OC. The summed E-state index contributed by atoms with van der Waals surface area (Å²) in [5.74, 6) is 0.468. The molecule has 1 rings (SSSR count). The molecule has 0 aromatic heterocycles. The molecule has 0 N–H and O–H groups in total. The molecule has 13 heavy (non-hydrogen) atoms. The number of benzene rings is 1. The van der Waals surface area contributed by atoms with Crippen molar-refractivity contribution < 1.29 is 10.9 Å². The van der Waals surface area contributed by atoms with Gasteiger partial charge in [-0.3, -0.25) is 4.79 Å². The van der Waals surface area contributed by atoms with E-state index in [9.17, 15) is 4.79 Å². The molecule has 2 heteroatoms. The lowest BCUT2D eigenvalue weighted by Crippen LogP contribution is -1.86. The molecule has 0 bridgehead atoms. The van der Waals surface area contributed by atoms with Crippen LogP contribution < -0.4 is 4.74 Å². The van der Waals surface area contributed by atoms with E-state index >= 15 is 0 Å². The summed E-state index contributed by atoms with van der Waals surface area (Å²) in [6.45, 7) is 1.42. The Morgan fingerprint density at radius 3 is 2.85 bits per heavy atom. The molecule has 2 nitrogen and oxygen atoms in total. The van der Waals surface area contributed by atoms with Gasteiger partial charge in [0.25, 0.3) is 0 Å². The van der Waals surface area contributed by atoms with Gasteiger partial charge in [0.2, 0.25) is 0 Å². The Balaban J connectivity index is 3.11. The van der Waals surface area contributed by atoms with Crippen LogP contribution in [0, 0.1) is 0 Å². The van der Waals surface area contributed by atoms with Gasteiger partial charge in [0.1, 0.15) is 5.75 Å². The number of carbonyl (C=O) groups excluding carboxylic acids is 1. The zero-order valence-corrected chi connectivity index (χ0v) is 7.70. The van der Waals surface area contributed by atoms with Gasteiger partial charge in [0.05, 0.1) is 8.48 Å². The fraction of sp³-hybridized carbons (Fsp3) is 0.182. The van der Waals surface area contributed by atoms with Gasteiger partial charge in [-0.2, -0.15) is 0 Å². The highest BCUT2D eigenvalue weighted by Crippen LogP contribution is 2.18. The number of ketones is 1. The molecule has 0 heterocycles. The van der Waals surface area contributed by atoms with Crippen molar-refractivity contribution >= 4 is 11.8 Å². The van der Waals surface area contributed by atoms with E-state index in [1.165, 1.54) is 13.0 Å². The lowest BCUT2D eigenvalue weighted by atomic mass is 10.2. The van der Waals surface area contributed by atoms with Crippen molar-refractivity contribution in [1.82, 2.24) is 0 Å². The topological polar surface area (TPSA) is 26.3 Å². The molecule has 0 amide bonds. The largest absolute Gasteiger partial charge is 0.496 e. The van der Waals surface area contributed by atoms with Crippen molar-refractivity contribution in [2.45, 2.75) is 6.92 Å². The molecule has 0 spiro atoms. The van der Waals surface area contributed by atoms with Crippen LogP contribution in [0.15, 0.2) is 30.3 Å². The number of allylic oxidation sites excluding steroid dienone is 1. The minimum absolute atomic E-state index is 0.138. The maximum absolute atomic E-state index is 10.8. The van der Waals surface area contributed by atoms with E-state index in [-0.39, 0.29) is 11.8 Å². The van der Waals surface area contributed by atoms with Gasteiger partial charge in [-0.15, -0.1) is 0 Å². The lowest BCUT2D eigenvalue weighted by Gasteiger charge is -2.02. The van der Waals surface area contributed by atoms with Crippen LogP contribution in [-0.2, 0) is 4.79 Å². The van der Waals surface area contributed by atoms with Crippen LogP contribution in [-0.4, -0.2) is 12.9 Å². The Hall–Kier alpha value is -1.57. The van der Waals surface area contributed by atoms with E-state index in [4.69, 9.17) is 6.11 Å². The van der Waals surface area contributed by atoms with Crippen LogP contribution in [0.4, 0.5) is 0 Å². The number of ether oxygens (including phenoxy) is 1. The second-order valence-corrected chi connectivity index (χ2v) is 2.60. The standard InChI is InChI=1S/C11H12O2/c1-9(12)7-8-10-5-3-4-6-11(10)13-2/h3-8H,1-2H3/b8-7+/i8D. The second-order valence-electron chi connectivity index (χ2n) is 2.60. The molecular weight excluding hydrogens is 164 g/mol. The summed E-state index contributed by atoms with van der Waals surface area (Å²) in [6, 6.07) is 7.32. The summed E-state index contributed by atoms with van der Waals surface area (Å²) in [5.41, 5.74) is 0.630. The van der Waals surface area contributed by atoms with E-state index in [0.717, 1.165) is 0 Å². The van der Waals surface area contributed by atoms with Gasteiger partial charge in [-0.05, 0) is 25.1 Å². The molecule has 0 saturated heterocycles.